The number of nitrogens with one attached hydrogen (secondary N) is 1. The van der Waals surface area contributed by atoms with Crippen LogP contribution >= 0.6 is 15.9 Å². The van der Waals surface area contributed by atoms with Gasteiger partial charge < -0.3 is 15.0 Å². The Bertz CT molecular complexity index is 776. The molecule has 1 N–H and O–H groups in total. The highest BCUT2D eigenvalue weighted by Gasteiger charge is 2.32. The quantitative estimate of drug-likeness (QED) is 0.833. The van der Waals surface area contributed by atoms with Gasteiger partial charge in [-0.15, -0.1) is 0 Å². The molecule has 1 heterocycles. The van der Waals surface area contributed by atoms with Crippen LogP contribution in [0.1, 0.15) is 23.7 Å². The highest BCUT2D eigenvalue weighted by atomic mass is 79.9. The van der Waals surface area contributed by atoms with Crippen LogP contribution in [0.15, 0.2) is 53.0 Å². The fraction of sp³-hybridized carbons (Fsp3) is 0.263. The van der Waals surface area contributed by atoms with Gasteiger partial charge in [0.15, 0.2) is 0 Å². The van der Waals surface area contributed by atoms with E-state index in [4.69, 9.17) is 4.74 Å². The molecule has 6 heteroatoms. The van der Waals surface area contributed by atoms with E-state index in [1.165, 1.54) is 0 Å². The lowest BCUT2D eigenvalue weighted by molar-refractivity contribution is -0.117. The van der Waals surface area contributed by atoms with E-state index in [2.05, 4.69) is 21.2 Å². The van der Waals surface area contributed by atoms with Crippen LogP contribution in [0.25, 0.3) is 0 Å². The molecular formula is C19H19BrN2O3. The topological polar surface area (TPSA) is 58.6 Å². The predicted molar refractivity (Wildman–Crippen MR) is 100.0 cm³/mol. The molecule has 3 rings (SSSR count). The van der Waals surface area contributed by atoms with E-state index in [9.17, 15) is 9.59 Å². The molecule has 0 bridgehead atoms. The number of anilines is 1. The summed E-state index contributed by atoms with van der Waals surface area (Å²) in [6, 6.07) is 14.4. The lowest BCUT2D eigenvalue weighted by Gasteiger charge is -2.18. The number of carbonyl (C=O) groups excluding carboxylic acids is 2. The zero-order valence-corrected chi connectivity index (χ0v) is 15.5. The first kappa shape index (κ1) is 17.5. The fourth-order valence-electron chi connectivity index (χ4n) is 2.85. The van der Waals surface area contributed by atoms with E-state index in [0.29, 0.717) is 25.1 Å². The molecule has 0 aliphatic carbocycles. The molecule has 1 aliphatic rings. The van der Waals surface area contributed by atoms with Crippen molar-refractivity contribution in [2.24, 2.45) is 0 Å². The summed E-state index contributed by atoms with van der Waals surface area (Å²) in [5, 5.41) is 2.94. The number of benzene rings is 2. The van der Waals surface area contributed by atoms with Crippen molar-refractivity contribution in [3.8, 4) is 5.75 Å². The molecule has 2 aromatic carbocycles. The molecule has 25 heavy (non-hydrogen) atoms. The fourth-order valence-corrected chi connectivity index (χ4v) is 3.32. The Morgan fingerprint density at radius 1 is 1.24 bits per heavy atom. The van der Waals surface area contributed by atoms with Gasteiger partial charge in [0.1, 0.15) is 5.75 Å². The smallest absolute Gasteiger partial charge is 0.252 e. The van der Waals surface area contributed by atoms with Crippen molar-refractivity contribution in [2.45, 2.75) is 19.4 Å². The minimum absolute atomic E-state index is 0.00147. The third-order valence-corrected chi connectivity index (χ3v) is 4.73. The average Bonchev–Trinajstić information content (AvgIpc) is 2.96. The van der Waals surface area contributed by atoms with Crippen molar-refractivity contribution < 1.29 is 14.3 Å². The number of carbonyl (C=O) groups is 2. The van der Waals surface area contributed by atoms with Gasteiger partial charge in [0, 0.05) is 23.1 Å². The van der Waals surface area contributed by atoms with Crippen molar-refractivity contribution in [1.82, 2.24) is 5.32 Å². The zero-order valence-electron chi connectivity index (χ0n) is 13.9. The molecule has 0 aromatic heterocycles. The molecule has 1 aliphatic heterocycles. The highest BCUT2D eigenvalue weighted by molar-refractivity contribution is 9.10. The van der Waals surface area contributed by atoms with Crippen LogP contribution in [0, 0.1) is 0 Å². The molecule has 1 saturated heterocycles. The molecular weight excluding hydrogens is 384 g/mol. The molecule has 2 amide bonds. The third-order valence-electron chi connectivity index (χ3n) is 4.04. The van der Waals surface area contributed by atoms with Gasteiger partial charge >= 0.3 is 0 Å². The van der Waals surface area contributed by atoms with E-state index in [0.717, 1.165) is 15.9 Å². The van der Waals surface area contributed by atoms with E-state index in [1.807, 2.05) is 49.4 Å². The maximum Gasteiger partial charge on any atom is 0.252 e. The van der Waals surface area contributed by atoms with Crippen LogP contribution in [0.4, 0.5) is 5.69 Å². The normalized spacial score (nSPS) is 16.8. The lowest BCUT2D eigenvalue weighted by Crippen LogP contribution is -2.37. The first-order valence-corrected chi connectivity index (χ1v) is 8.96. The molecule has 1 atom stereocenters. The number of halogens is 1. The first-order chi connectivity index (χ1) is 12.1. The minimum Gasteiger partial charge on any atom is -0.494 e. The molecule has 1 fully saturated rings. The van der Waals surface area contributed by atoms with Crippen LogP contribution in [0.5, 0.6) is 5.75 Å². The average molecular weight is 403 g/mol. The Labute approximate surface area is 155 Å². The highest BCUT2D eigenvalue weighted by Crippen LogP contribution is 2.25. The molecule has 0 spiro atoms. The number of amides is 2. The summed E-state index contributed by atoms with van der Waals surface area (Å²) in [7, 11) is 0. The number of nitrogens with zero attached hydrogens (tertiary/aromatic N) is 1. The molecule has 0 saturated carbocycles. The molecule has 130 valence electrons. The van der Waals surface area contributed by atoms with Crippen molar-refractivity contribution in [1.29, 1.82) is 0 Å². The van der Waals surface area contributed by atoms with Gasteiger partial charge in [0.05, 0.1) is 18.2 Å². The maximum absolute atomic E-state index is 12.4. The monoisotopic (exact) mass is 402 g/mol. The van der Waals surface area contributed by atoms with Crippen LogP contribution < -0.4 is 15.0 Å². The van der Waals surface area contributed by atoms with Gasteiger partial charge in [-0.25, -0.2) is 0 Å². The standard InChI is InChI=1S/C19H19BrN2O3/c1-2-25-15-9-7-14(8-10-15)22-12-13(11-18(22)23)21-19(24)16-5-3-4-6-17(16)20/h3-10,13H,2,11-12H2,1H3,(H,21,24). The first-order valence-electron chi connectivity index (χ1n) is 8.17. The number of ether oxygens (including phenoxy) is 1. The number of rotatable bonds is 5. The van der Waals surface area contributed by atoms with Crippen LogP contribution in [0.2, 0.25) is 0 Å². The van der Waals surface area contributed by atoms with Crippen molar-refractivity contribution in [3.63, 3.8) is 0 Å². The van der Waals surface area contributed by atoms with E-state index in [1.54, 1.807) is 11.0 Å². The van der Waals surface area contributed by atoms with Gasteiger partial charge in [-0.05, 0) is 59.3 Å². The van der Waals surface area contributed by atoms with Crippen molar-refractivity contribution in [3.05, 3.63) is 58.6 Å². The Hall–Kier alpha value is -2.34. The van der Waals surface area contributed by atoms with Gasteiger partial charge in [0.2, 0.25) is 5.91 Å². The second kappa shape index (κ2) is 7.70. The largest absolute Gasteiger partial charge is 0.494 e. The minimum atomic E-state index is -0.210. The van der Waals surface area contributed by atoms with Crippen LogP contribution in [0.3, 0.4) is 0 Å². The van der Waals surface area contributed by atoms with Gasteiger partial charge in [-0.2, -0.15) is 0 Å². The van der Waals surface area contributed by atoms with E-state index >= 15 is 0 Å². The predicted octanol–water partition coefficient (Wildman–Crippen LogP) is 3.38. The Kier molecular flexibility index (Phi) is 5.38. The Balaban J connectivity index is 1.66. The zero-order chi connectivity index (χ0) is 17.8. The SMILES string of the molecule is CCOc1ccc(N2CC(NC(=O)c3ccccc3Br)CC2=O)cc1. The van der Waals surface area contributed by atoms with Crippen LogP contribution in [-0.2, 0) is 4.79 Å². The molecule has 5 nitrogen and oxygen atoms in total. The summed E-state index contributed by atoms with van der Waals surface area (Å²) in [4.78, 5) is 26.4. The number of hydrogen-bond acceptors (Lipinski definition) is 3. The summed E-state index contributed by atoms with van der Waals surface area (Å²) < 4.78 is 6.16. The number of hydrogen-bond donors (Lipinski definition) is 1. The van der Waals surface area contributed by atoms with Gasteiger partial charge in [-0.1, -0.05) is 12.1 Å². The lowest BCUT2D eigenvalue weighted by atomic mass is 10.2. The van der Waals surface area contributed by atoms with Crippen LogP contribution in [-0.4, -0.2) is 31.0 Å². The second-order valence-corrected chi connectivity index (χ2v) is 6.64. The summed E-state index contributed by atoms with van der Waals surface area (Å²) in [5.74, 6) is 0.595. The Morgan fingerprint density at radius 2 is 1.96 bits per heavy atom. The summed E-state index contributed by atoms with van der Waals surface area (Å²) >= 11 is 3.38. The molecule has 0 radical (unpaired) electrons. The summed E-state index contributed by atoms with van der Waals surface area (Å²) in [6.45, 7) is 2.99. The van der Waals surface area contributed by atoms with E-state index < -0.39 is 0 Å². The second-order valence-electron chi connectivity index (χ2n) is 5.79. The van der Waals surface area contributed by atoms with Crippen molar-refractivity contribution in [2.75, 3.05) is 18.1 Å². The molecule has 1 unspecified atom stereocenters. The Morgan fingerprint density at radius 3 is 2.64 bits per heavy atom. The van der Waals surface area contributed by atoms with E-state index in [-0.39, 0.29) is 17.9 Å². The molecule has 2 aromatic rings. The van der Waals surface area contributed by atoms with Crippen molar-refractivity contribution >= 4 is 33.4 Å². The van der Waals surface area contributed by atoms with Gasteiger partial charge in [0.25, 0.3) is 5.91 Å². The third kappa shape index (κ3) is 4.02. The summed E-state index contributed by atoms with van der Waals surface area (Å²) in [6.07, 6.45) is 0.295. The summed E-state index contributed by atoms with van der Waals surface area (Å²) in [5.41, 5.74) is 1.38. The van der Waals surface area contributed by atoms with Gasteiger partial charge in [-0.3, -0.25) is 9.59 Å². The maximum atomic E-state index is 12.4.